The van der Waals surface area contributed by atoms with Gasteiger partial charge >= 0.3 is 5.97 Å². The number of piperidine rings is 1. The number of carbonyl (C=O) groups is 1. The first-order valence-electron chi connectivity index (χ1n) is 9.56. The molecule has 2 aliphatic rings. The largest absolute Gasteiger partial charge is 0.480 e. The highest BCUT2D eigenvalue weighted by Gasteiger charge is 2.29. The van der Waals surface area contributed by atoms with Crippen LogP contribution in [-0.4, -0.2) is 58.2 Å². The summed E-state index contributed by atoms with van der Waals surface area (Å²) in [7, 11) is 0. The minimum absolute atomic E-state index is 0.135. The van der Waals surface area contributed by atoms with Crippen molar-refractivity contribution < 1.29 is 9.90 Å². The van der Waals surface area contributed by atoms with Gasteiger partial charge in [0.15, 0.2) is 0 Å². The van der Waals surface area contributed by atoms with Gasteiger partial charge in [-0.1, -0.05) is 6.92 Å². The molecule has 0 radical (unpaired) electrons. The predicted molar refractivity (Wildman–Crippen MR) is 104 cm³/mol. The molecular formula is C19H26N4O2S. The third-order valence-corrected chi connectivity index (χ3v) is 6.87. The Kier molecular flexibility index (Phi) is 4.84. The molecule has 2 aromatic rings. The van der Waals surface area contributed by atoms with E-state index in [-0.39, 0.29) is 6.54 Å². The molecule has 3 heterocycles. The molecule has 140 valence electrons. The SMILES string of the molecule is CCN(CC(=O)O)C1CCN(c2nc(C)nc3sc4c(c23)CCC4)CC1. The summed E-state index contributed by atoms with van der Waals surface area (Å²) in [6, 6.07) is 0.346. The number of hydrogen-bond donors (Lipinski definition) is 1. The highest BCUT2D eigenvalue weighted by molar-refractivity contribution is 7.19. The van der Waals surface area contributed by atoms with E-state index < -0.39 is 5.97 Å². The highest BCUT2D eigenvalue weighted by Crippen LogP contribution is 2.41. The zero-order valence-electron chi connectivity index (χ0n) is 15.5. The van der Waals surface area contributed by atoms with Crippen molar-refractivity contribution in [3.05, 3.63) is 16.3 Å². The zero-order chi connectivity index (χ0) is 18.3. The van der Waals surface area contributed by atoms with Gasteiger partial charge in [-0.25, -0.2) is 9.97 Å². The summed E-state index contributed by atoms with van der Waals surface area (Å²) in [6.45, 7) is 6.79. The molecule has 1 aliphatic carbocycles. The van der Waals surface area contributed by atoms with Crippen molar-refractivity contribution in [2.45, 2.75) is 52.0 Å². The summed E-state index contributed by atoms with van der Waals surface area (Å²) in [4.78, 5) is 27.7. The Hall–Kier alpha value is -1.73. The minimum Gasteiger partial charge on any atom is -0.480 e. The van der Waals surface area contributed by atoms with Crippen LogP contribution < -0.4 is 4.90 Å². The van der Waals surface area contributed by atoms with Crippen LogP contribution in [0, 0.1) is 6.92 Å². The molecule has 1 aliphatic heterocycles. The third-order valence-electron chi connectivity index (χ3n) is 5.68. The van der Waals surface area contributed by atoms with Crippen LogP contribution in [-0.2, 0) is 17.6 Å². The van der Waals surface area contributed by atoms with Gasteiger partial charge in [0.2, 0.25) is 0 Å². The molecule has 0 spiro atoms. The fraction of sp³-hybridized carbons (Fsp3) is 0.632. The summed E-state index contributed by atoms with van der Waals surface area (Å²) >= 11 is 1.84. The summed E-state index contributed by atoms with van der Waals surface area (Å²) in [6.07, 6.45) is 5.54. The van der Waals surface area contributed by atoms with E-state index in [9.17, 15) is 4.79 Å². The van der Waals surface area contributed by atoms with Crippen LogP contribution in [0.15, 0.2) is 0 Å². The number of rotatable bonds is 5. The molecule has 6 nitrogen and oxygen atoms in total. The first-order chi connectivity index (χ1) is 12.6. The Morgan fingerprint density at radius 1 is 1.31 bits per heavy atom. The molecule has 0 atom stereocenters. The van der Waals surface area contributed by atoms with Gasteiger partial charge in [0, 0.05) is 24.0 Å². The van der Waals surface area contributed by atoms with Crippen molar-refractivity contribution in [1.82, 2.24) is 14.9 Å². The number of nitrogens with zero attached hydrogens (tertiary/aromatic N) is 4. The Morgan fingerprint density at radius 2 is 2.08 bits per heavy atom. The van der Waals surface area contributed by atoms with E-state index in [2.05, 4.69) is 9.80 Å². The lowest BCUT2D eigenvalue weighted by Gasteiger charge is -2.38. The smallest absolute Gasteiger partial charge is 0.317 e. The average Bonchev–Trinajstić information content (AvgIpc) is 3.19. The number of anilines is 1. The van der Waals surface area contributed by atoms with Gasteiger partial charge < -0.3 is 10.0 Å². The molecule has 1 saturated heterocycles. The number of aryl methyl sites for hydroxylation is 3. The van der Waals surface area contributed by atoms with Crippen molar-refractivity contribution >= 4 is 33.3 Å². The molecule has 0 bridgehead atoms. The van der Waals surface area contributed by atoms with E-state index in [1.165, 1.54) is 28.7 Å². The molecule has 7 heteroatoms. The Labute approximate surface area is 157 Å². The number of fused-ring (bicyclic) bond motifs is 3. The van der Waals surface area contributed by atoms with Crippen molar-refractivity contribution in [3.8, 4) is 0 Å². The first-order valence-corrected chi connectivity index (χ1v) is 10.4. The molecule has 0 unspecified atom stereocenters. The quantitative estimate of drug-likeness (QED) is 0.868. The van der Waals surface area contributed by atoms with E-state index in [4.69, 9.17) is 15.1 Å². The maximum Gasteiger partial charge on any atom is 0.317 e. The molecule has 0 amide bonds. The summed E-state index contributed by atoms with van der Waals surface area (Å²) in [5.41, 5.74) is 1.48. The summed E-state index contributed by atoms with van der Waals surface area (Å²) in [5, 5.41) is 10.4. The van der Waals surface area contributed by atoms with Gasteiger partial charge in [0.1, 0.15) is 16.5 Å². The van der Waals surface area contributed by atoms with Crippen LogP contribution in [0.3, 0.4) is 0 Å². The van der Waals surface area contributed by atoms with Crippen molar-refractivity contribution in [2.24, 2.45) is 0 Å². The van der Waals surface area contributed by atoms with E-state index in [1.807, 2.05) is 25.2 Å². The van der Waals surface area contributed by atoms with Crippen LogP contribution >= 0.6 is 11.3 Å². The molecule has 0 saturated carbocycles. The van der Waals surface area contributed by atoms with Gasteiger partial charge in [-0.15, -0.1) is 11.3 Å². The van der Waals surface area contributed by atoms with Gasteiger partial charge in [-0.2, -0.15) is 0 Å². The molecule has 1 fully saturated rings. The van der Waals surface area contributed by atoms with Crippen molar-refractivity contribution in [2.75, 3.05) is 31.1 Å². The number of aliphatic carboxylic acids is 1. The van der Waals surface area contributed by atoms with Gasteiger partial charge in [0.05, 0.1) is 11.9 Å². The monoisotopic (exact) mass is 374 g/mol. The second-order valence-corrected chi connectivity index (χ2v) is 8.39. The molecule has 2 aromatic heterocycles. The fourth-order valence-corrected chi connectivity index (χ4v) is 5.73. The van der Waals surface area contributed by atoms with Crippen molar-refractivity contribution in [3.63, 3.8) is 0 Å². The zero-order valence-corrected chi connectivity index (χ0v) is 16.3. The Morgan fingerprint density at radius 3 is 2.77 bits per heavy atom. The molecule has 4 rings (SSSR count). The number of thiophene rings is 1. The number of aromatic nitrogens is 2. The summed E-state index contributed by atoms with van der Waals surface area (Å²) < 4.78 is 0. The van der Waals surface area contributed by atoms with E-state index in [1.54, 1.807) is 0 Å². The topological polar surface area (TPSA) is 69.6 Å². The molecule has 26 heavy (non-hydrogen) atoms. The van der Waals surface area contributed by atoms with Crippen LogP contribution in [0.1, 0.15) is 42.5 Å². The van der Waals surface area contributed by atoms with E-state index in [0.717, 1.165) is 55.4 Å². The lowest BCUT2D eigenvalue weighted by Crippen LogP contribution is -2.46. The number of carboxylic acid groups (broad SMARTS) is 1. The lowest BCUT2D eigenvalue weighted by atomic mass is 10.0. The van der Waals surface area contributed by atoms with E-state index in [0.29, 0.717) is 6.04 Å². The normalized spacial score (nSPS) is 18.0. The average molecular weight is 375 g/mol. The predicted octanol–water partition coefficient (Wildman–Crippen LogP) is 2.86. The molecular weight excluding hydrogens is 348 g/mol. The summed E-state index contributed by atoms with van der Waals surface area (Å²) in [5.74, 6) is 1.21. The Bertz CT molecular complexity index is 827. The van der Waals surface area contributed by atoms with Crippen LogP contribution in [0.4, 0.5) is 5.82 Å². The van der Waals surface area contributed by atoms with Crippen LogP contribution in [0.5, 0.6) is 0 Å². The minimum atomic E-state index is -0.740. The van der Waals surface area contributed by atoms with E-state index >= 15 is 0 Å². The number of carboxylic acids is 1. The molecule has 1 N–H and O–H groups in total. The highest BCUT2D eigenvalue weighted by atomic mass is 32.1. The standard InChI is InChI=1S/C19H26N4O2S/c1-3-22(11-16(24)25)13-7-9-23(10-8-13)18-17-14-5-4-6-15(14)26-19(17)21-12(2)20-18/h13H,3-11H2,1-2H3,(H,24,25). The second kappa shape index (κ2) is 7.12. The van der Waals surface area contributed by atoms with Crippen LogP contribution in [0.2, 0.25) is 0 Å². The first kappa shape index (κ1) is 17.7. The molecule has 0 aromatic carbocycles. The maximum atomic E-state index is 11.1. The van der Waals surface area contributed by atoms with Crippen LogP contribution in [0.25, 0.3) is 10.2 Å². The van der Waals surface area contributed by atoms with Gasteiger partial charge in [-0.3, -0.25) is 9.69 Å². The maximum absolute atomic E-state index is 11.1. The second-order valence-electron chi connectivity index (χ2n) is 7.31. The van der Waals surface area contributed by atoms with Gasteiger partial charge in [0.25, 0.3) is 0 Å². The third kappa shape index (κ3) is 3.18. The number of likely N-dealkylation sites (N-methyl/N-ethyl adjacent to an activating group) is 1. The lowest BCUT2D eigenvalue weighted by molar-refractivity contribution is -0.139. The van der Waals surface area contributed by atoms with Gasteiger partial charge in [-0.05, 0) is 51.1 Å². The Balaban J connectivity index is 1.57. The fourth-order valence-electron chi connectivity index (χ4n) is 4.42. The van der Waals surface area contributed by atoms with Crippen molar-refractivity contribution in [1.29, 1.82) is 0 Å². The number of hydrogen-bond acceptors (Lipinski definition) is 6.